The molecule has 0 spiro atoms. The zero-order chi connectivity index (χ0) is 26.7. The van der Waals surface area contributed by atoms with E-state index in [0.29, 0.717) is 23.6 Å². The van der Waals surface area contributed by atoms with Gasteiger partial charge >= 0.3 is 0 Å². The molecular weight excluding hydrogens is 488 g/mol. The molecule has 1 heterocycles. The number of thioether (sulfide) groups is 1. The lowest BCUT2D eigenvalue weighted by Crippen LogP contribution is -2.46. The van der Waals surface area contributed by atoms with Crippen LogP contribution in [0.5, 0.6) is 0 Å². The van der Waals surface area contributed by atoms with Gasteiger partial charge in [0.1, 0.15) is 6.17 Å². The maximum Gasteiger partial charge on any atom is 0.218 e. The molecule has 2 rings (SSSR count). The minimum Gasteiger partial charge on any atom is -0.387 e. The molecule has 0 aliphatic rings. The Bertz CT molecular complexity index is 967. The van der Waals surface area contributed by atoms with Gasteiger partial charge in [-0.1, -0.05) is 88.0 Å². The summed E-state index contributed by atoms with van der Waals surface area (Å²) in [6.07, 6.45) is 17.3. The van der Waals surface area contributed by atoms with E-state index >= 15 is 0 Å². The first-order chi connectivity index (χ1) is 18.0. The molecular formula is C27H40N6O3S. The molecule has 10 heteroatoms. The largest absolute Gasteiger partial charge is 0.387 e. The first-order valence-corrected chi connectivity index (χ1v) is 14.0. The molecule has 202 valence electrons. The smallest absolute Gasteiger partial charge is 0.218 e. The van der Waals surface area contributed by atoms with Crippen LogP contribution in [0.4, 0.5) is 0 Å². The fraction of sp³-hybridized carbons (Fsp3) is 0.519. The van der Waals surface area contributed by atoms with E-state index in [1.807, 2.05) is 42.5 Å². The molecule has 0 aliphatic carbocycles. The third kappa shape index (κ3) is 12.2. The number of aliphatic hydroxyl groups is 1. The minimum absolute atomic E-state index is 0.242. The average molecular weight is 529 g/mol. The molecule has 0 aliphatic heterocycles. The van der Waals surface area contributed by atoms with Gasteiger partial charge in [-0.25, -0.2) is 0 Å². The van der Waals surface area contributed by atoms with E-state index < -0.39 is 12.3 Å². The first kappa shape index (κ1) is 30.2. The minimum atomic E-state index is -0.834. The van der Waals surface area contributed by atoms with E-state index in [4.69, 9.17) is 0 Å². The van der Waals surface area contributed by atoms with Gasteiger partial charge in [-0.2, -0.15) is 5.21 Å². The molecule has 0 unspecified atom stereocenters. The van der Waals surface area contributed by atoms with Gasteiger partial charge in [0.2, 0.25) is 18.1 Å². The number of aromatic nitrogens is 4. The Morgan fingerprint density at radius 2 is 1.95 bits per heavy atom. The third-order valence-corrected chi connectivity index (χ3v) is 7.09. The maximum absolute atomic E-state index is 11.5. The number of allylic oxidation sites excluding steroid dienone is 3. The van der Waals surface area contributed by atoms with Crippen LogP contribution in [0.15, 0.2) is 48.6 Å². The van der Waals surface area contributed by atoms with Crippen LogP contribution in [0, 0.1) is 0 Å². The summed E-state index contributed by atoms with van der Waals surface area (Å²) in [6.45, 7) is 3.63. The van der Waals surface area contributed by atoms with Crippen molar-refractivity contribution < 1.29 is 14.7 Å². The number of tetrazole rings is 1. The average Bonchev–Trinajstić information content (AvgIpc) is 3.43. The van der Waals surface area contributed by atoms with E-state index in [2.05, 4.69) is 44.3 Å². The lowest BCUT2D eigenvalue weighted by atomic mass is 10.0. The molecule has 0 bridgehead atoms. The number of aliphatic hydroxyl groups excluding tert-OH is 1. The Morgan fingerprint density at radius 3 is 2.65 bits per heavy atom. The summed E-state index contributed by atoms with van der Waals surface area (Å²) < 4.78 is 0. The van der Waals surface area contributed by atoms with Crippen molar-refractivity contribution in [3.05, 3.63) is 54.1 Å². The number of unbranched alkanes of at least 4 members (excludes halogenated alkanes) is 7. The second-order valence-electron chi connectivity index (χ2n) is 8.86. The summed E-state index contributed by atoms with van der Waals surface area (Å²) in [5, 5.41) is 30.3. The summed E-state index contributed by atoms with van der Waals surface area (Å²) in [4.78, 5) is 22.5. The van der Waals surface area contributed by atoms with Gasteiger partial charge in [0.25, 0.3) is 0 Å². The fourth-order valence-corrected chi connectivity index (χ4v) is 4.96. The number of carbonyl (C=O) groups excluding carboxylic acids is 2. The van der Waals surface area contributed by atoms with Crippen molar-refractivity contribution in [1.82, 2.24) is 31.3 Å². The molecule has 0 fully saturated rings. The van der Waals surface area contributed by atoms with Crippen LogP contribution >= 0.6 is 11.8 Å². The summed E-state index contributed by atoms with van der Waals surface area (Å²) >= 11 is 1.44. The molecule has 0 saturated heterocycles. The molecule has 9 nitrogen and oxygen atoms in total. The monoisotopic (exact) mass is 528 g/mol. The van der Waals surface area contributed by atoms with Crippen molar-refractivity contribution in [2.24, 2.45) is 0 Å². The predicted molar refractivity (Wildman–Crippen MR) is 149 cm³/mol. The van der Waals surface area contributed by atoms with Crippen LogP contribution in [0.3, 0.4) is 0 Å². The van der Waals surface area contributed by atoms with E-state index in [1.54, 1.807) is 0 Å². The van der Waals surface area contributed by atoms with Gasteiger partial charge in [0, 0.05) is 18.2 Å². The SMILES string of the molecule is CCCCCCCCCC=CC=C[C@@H](SC[C@H](NC=O)NC(C)=O)[C@@H](O)c1cccc(-c2nn[nH]n2)c1. The molecule has 3 atom stereocenters. The highest BCUT2D eigenvalue weighted by molar-refractivity contribution is 8.00. The second-order valence-corrected chi connectivity index (χ2v) is 10.1. The predicted octanol–water partition coefficient (Wildman–Crippen LogP) is 4.46. The van der Waals surface area contributed by atoms with Crippen LogP contribution in [0.25, 0.3) is 11.4 Å². The van der Waals surface area contributed by atoms with Crippen molar-refractivity contribution in [1.29, 1.82) is 0 Å². The zero-order valence-electron chi connectivity index (χ0n) is 21.8. The molecule has 4 N–H and O–H groups in total. The number of rotatable bonds is 19. The molecule has 0 radical (unpaired) electrons. The standard InChI is InChI=1S/C27H40N6O3S/c1-3-4-5-6-7-8-9-10-11-12-13-17-24(37-19-25(28-20-34)29-21(2)35)26(36)22-15-14-16-23(18-22)27-30-32-33-31-27/h11-18,20,24-26,36H,3-10,19H2,1-2H3,(H,28,34)(H,29,35)(H,30,31,32,33)/t24-,25-,26+/m1/s1. The summed E-state index contributed by atoms with van der Waals surface area (Å²) in [6, 6.07) is 7.38. The topological polar surface area (TPSA) is 133 Å². The molecule has 1 aromatic carbocycles. The zero-order valence-corrected chi connectivity index (χ0v) is 22.6. The molecule has 0 saturated carbocycles. The summed E-state index contributed by atoms with van der Waals surface area (Å²) in [5.41, 5.74) is 1.45. The number of nitrogens with one attached hydrogen (secondary N) is 3. The molecule has 37 heavy (non-hydrogen) atoms. The van der Waals surface area contributed by atoms with Crippen LogP contribution in [-0.2, 0) is 9.59 Å². The second kappa shape index (κ2) is 18.3. The van der Waals surface area contributed by atoms with E-state index in [9.17, 15) is 14.7 Å². The Balaban J connectivity index is 2.01. The summed E-state index contributed by atoms with van der Waals surface area (Å²) in [5.74, 6) is 0.591. The number of carbonyl (C=O) groups is 2. The highest BCUT2D eigenvalue weighted by Crippen LogP contribution is 2.30. The first-order valence-electron chi connectivity index (χ1n) is 13.0. The molecule has 2 amide bonds. The number of amides is 2. The fourth-order valence-electron chi connectivity index (χ4n) is 3.82. The third-order valence-electron chi connectivity index (χ3n) is 5.77. The van der Waals surface area contributed by atoms with Crippen LogP contribution in [0.2, 0.25) is 0 Å². The van der Waals surface area contributed by atoms with Crippen LogP contribution in [-0.4, -0.2) is 55.2 Å². The normalized spacial score (nSPS) is 14.0. The van der Waals surface area contributed by atoms with Gasteiger partial charge in [0.05, 0.1) is 11.4 Å². The maximum atomic E-state index is 11.5. The van der Waals surface area contributed by atoms with Crippen molar-refractivity contribution in [2.45, 2.75) is 82.7 Å². The van der Waals surface area contributed by atoms with Crippen molar-refractivity contribution >= 4 is 24.1 Å². The van der Waals surface area contributed by atoms with Crippen LogP contribution < -0.4 is 10.6 Å². The van der Waals surface area contributed by atoms with E-state index in [1.165, 1.54) is 63.6 Å². The number of nitrogens with zero attached hydrogens (tertiary/aromatic N) is 3. The number of hydrogen-bond donors (Lipinski definition) is 4. The summed E-state index contributed by atoms with van der Waals surface area (Å²) in [7, 11) is 0. The van der Waals surface area contributed by atoms with Crippen LogP contribution in [0.1, 0.15) is 76.9 Å². The van der Waals surface area contributed by atoms with E-state index in [-0.39, 0.29) is 11.2 Å². The lowest BCUT2D eigenvalue weighted by molar-refractivity contribution is -0.120. The number of benzene rings is 1. The Morgan fingerprint density at radius 1 is 1.16 bits per heavy atom. The molecule has 2 aromatic rings. The Kier molecular flexibility index (Phi) is 15.0. The van der Waals surface area contributed by atoms with Crippen molar-refractivity contribution in [3.8, 4) is 11.4 Å². The number of hydrogen-bond acceptors (Lipinski definition) is 7. The highest BCUT2D eigenvalue weighted by atomic mass is 32.2. The van der Waals surface area contributed by atoms with Crippen molar-refractivity contribution in [2.75, 3.05) is 5.75 Å². The van der Waals surface area contributed by atoms with Gasteiger partial charge in [-0.3, -0.25) is 9.59 Å². The highest BCUT2D eigenvalue weighted by Gasteiger charge is 2.22. The van der Waals surface area contributed by atoms with Gasteiger partial charge < -0.3 is 15.7 Å². The number of H-pyrrole nitrogens is 1. The number of aromatic amines is 1. The lowest BCUT2D eigenvalue weighted by Gasteiger charge is -2.23. The van der Waals surface area contributed by atoms with E-state index in [0.717, 1.165) is 12.0 Å². The van der Waals surface area contributed by atoms with Gasteiger partial charge in [-0.15, -0.1) is 22.0 Å². The van der Waals surface area contributed by atoms with Gasteiger partial charge in [0.15, 0.2) is 0 Å². The Hall–Kier alpha value is -2.98. The van der Waals surface area contributed by atoms with Crippen molar-refractivity contribution in [3.63, 3.8) is 0 Å². The Labute approximate surface area is 224 Å². The van der Waals surface area contributed by atoms with Gasteiger partial charge in [-0.05, 0) is 29.7 Å². The quantitative estimate of drug-likeness (QED) is 0.0915. The molecule has 1 aromatic heterocycles.